The average Bonchev–Trinajstić information content (AvgIpc) is 2.76. The van der Waals surface area contributed by atoms with Gasteiger partial charge in [0.25, 0.3) is 0 Å². The molecule has 4 nitrogen and oxygen atoms in total. The van der Waals surface area contributed by atoms with Crippen LogP contribution in [0.25, 0.3) is 0 Å². The van der Waals surface area contributed by atoms with Crippen LogP contribution in [0.3, 0.4) is 0 Å². The van der Waals surface area contributed by atoms with Crippen molar-refractivity contribution in [3.63, 3.8) is 0 Å². The fraction of sp³-hybridized carbons (Fsp3) is 0.929. The molecule has 0 aromatic carbocycles. The minimum atomic E-state index is -0.666. The normalized spacial score (nSPS) is 10.6. The SMILES string of the molecule is CCCCCCCCC(=O)O.CCCCCCCCCCCCCCCCCCC(=O)O. The van der Waals surface area contributed by atoms with Crippen LogP contribution in [0.5, 0.6) is 0 Å². The van der Waals surface area contributed by atoms with Crippen LogP contribution in [-0.4, -0.2) is 22.2 Å². The van der Waals surface area contributed by atoms with Crippen molar-refractivity contribution in [2.24, 2.45) is 0 Å². The molecule has 4 heteroatoms. The predicted molar refractivity (Wildman–Crippen MR) is 137 cm³/mol. The van der Waals surface area contributed by atoms with Crippen LogP contribution < -0.4 is 0 Å². The average molecular weight is 457 g/mol. The first-order valence-electron chi connectivity index (χ1n) is 14.0. The Morgan fingerprint density at radius 1 is 0.375 bits per heavy atom. The highest BCUT2D eigenvalue weighted by atomic mass is 16.4. The van der Waals surface area contributed by atoms with E-state index in [1.807, 2.05) is 0 Å². The third-order valence-electron chi connectivity index (χ3n) is 5.99. The summed E-state index contributed by atoms with van der Waals surface area (Å²) in [4.78, 5) is 20.4. The van der Waals surface area contributed by atoms with Gasteiger partial charge in [0.2, 0.25) is 0 Å². The van der Waals surface area contributed by atoms with Crippen molar-refractivity contribution in [1.29, 1.82) is 0 Å². The number of carbonyl (C=O) groups is 2. The molecule has 0 heterocycles. The number of rotatable bonds is 24. The van der Waals surface area contributed by atoms with Gasteiger partial charge in [-0.15, -0.1) is 0 Å². The molecule has 0 spiro atoms. The minimum Gasteiger partial charge on any atom is -0.481 e. The molecule has 0 aliphatic carbocycles. The first-order chi connectivity index (χ1) is 15.5. The molecule has 0 aliphatic rings. The topological polar surface area (TPSA) is 74.6 Å². The van der Waals surface area contributed by atoms with Crippen LogP contribution in [0.4, 0.5) is 0 Å². The summed E-state index contributed by atoms with van der Waals surface area (Å²) in [5.74, 6) is -1.32. The summed E-state index contributed by atoms with van der Waals surface area (Å²) < 4.78 is 0. The maximum absolute atomic E-state index is 10.3. The zero-order valence-electron chi connectivity index (χ0n) is 21.7. The van der Waals surface area contributed by atoms with Crippen LogP contribution in [0.1, 0.15) is 168 Å². The van der Waals surface area contributed by atoms with Gasteiger partial charge in [-0.05, 0) is 12.8 Å². The van der Waals surface area contributed by atoms with Gasteiger partial charge in [-0.1, -0.05) is 142 Å². The van der Waals surface area contributed by atoms with E-state index >= 15 is 0 Å². The van der Waals surface area contributed by atoms with Crippen molar-refractivity contribution < 1.29 is 19.8 Å². The molecule has 0 aromatic rings. The van der Waals surface area contributed by atoms with Crippen LogP contribution >= 0.6 is 0 Å². The Labute approximate surface area is 200 Å². The number of hydrogen-bond donors (Lipinski definition) is 2. The third-order valence-corrected chi connectivity index (χ3v) is 5.99. The maximum Gasteiger partial charge on any atom is 0.303 e. The van der Waals surface area contributed by atoms with Crippen molar-refractivity contribution in [2.45, 2.75) is 168 Å². The standard InChI is InChI=1S/C19H38O2.C9H18O2/c1-2-3-4-5-6-7-8-9-10-11-12-13-14-15-16-17-18-19(20)21;1-2-3-4-5-6-7-8-9(10)11/h2-18H2,1H3,(H,20,21);2-8H2,1H3,(H,10,11). The lowest BCUT2D eigenvalue weighted by atomic mass is 10.0. The summed E-state index contributed by atoms with van der Waals surface area (Å²) in [6.45, 7) is 4.45. The van der Waals surface area contributed by atoms with E-state index in [-0.39, 0.29) is 0 Å². The van der Waals surface area contributed by atoms with Gasteiger partial charge in [0.15, 0.2) is 0 Å². The first kappa shape index (κ1) is 33.1. The van der Waals surface area contributed by atoms with Crippen molar-refractivity contribution in [2.75, 3.05) is 0 Å². The van der Waals surface area contributed by atoms with E-state index in [1.165, 1.54) is 116 Å². The zero-order valence-corrected chi connectivity index (χ0v) is 21.7. The quantitative estimate of drug-likeness (QED) is 0.142. The van der Waals surface area contributed by atoms with Gasteiger partial charge in [-0.25, -0.2) is 0 Å². The van der Waals surface area contributed by atoms with Crippen molar-refractivity contribution >= 4 is 11.9 Å². The number of hydrogen-bond acceptors (Lipinski definition) is 2. The molecule has 0 aliphatic heterocycles. The van der Waals surface area contributed by atoms with E-state index in [0.29, 0.717) is 12.8 Å². The molecule has 2 N–H and O–H groups in total. The highest BCUT2D eigenvalue weighted by Gasteiger charge is 1.97. The van der Waals surface area contributed by atoms with Gasteiger partial charge in [-0.2, -0.15) is 0 Å². The number of unbranched alkanes of at least 4 members (excludes halogenated alkanes) is 20. The van der Waals surface area contributed by atoms with E-state index in [4.69, 9.17) is 10.2 Å². The molecule has 0 unspecified atom stereocenters. The zero-order chi connectivity index (χ0) is 24.1. The molecule has 0 radical (unpaired) electrons. The second kappa shape index (κ2) is 29.9. The van der Waals surface area contributed by atoms with Gasteiger partial charge in [0, 0.05) is 12.8 Å². The smallest absolute Gasteiger partial charge is 0.303 e. The highest BCUT2D eigenvalue weighted by Crippen LogP contribution is 2.14. The lowest BCUT2D eigenvalue weighted by Gasteiger charge is -2.03. The van der Waals surface area contributed by atoms with E-state index in [1.54, 1.807) is 0 Å². The lowest BCUT2D eigenvalue weighted by Crippen LogP contribution is -1.93. The molecule has 0 saturated carbocycles. The van der Waals surface area contributed by atoms with Crippen LogP contribution in [0, 0.1) is 0 Å². The molecule has 0 atom stereocenters. The maximum atomic E-state index is 10.3. The Morgan fingerprint density at radius 2 is 0.562 bits per heavy atom. The molecule has 0 fully saturated rings. The van der Waals surface area contributed by atoms with Crippen molar-refractivity contribution in [3.05, 3.63) is 0 Å². The summed E-state index contributed by atoms with van der Waals surface area (Å²) in [6, 6.07) is 0. The number of aliphatic carboxylic acids is 2. The molecule has 0 aromatic heterocycles. The summed E-state index contributed by atoms with van der Waals surface area (Å²) in [7, 11) is 0. The third kappa shape index (κ3) is 36.3. The Morgan fingerprint density at radius 3 is 0.750 bits per heavy atom. The minimum absolute atomic E-state index is 0.339. The van der Waals surface area contributed by atoms with Crippen molar-refractivity contribution in [3.8, 4) is 0 Å². The van der Waals surface area contributed by atoms with Gasteiger partial charge in [0.05, 0.1) is 0 Å². The molecule has 0 rings (SSSR count). The van der Waals surface area contributed by atoms with Crippen LogP contribution in [-0.2, 0) is 9.59 Å². The molecule has 32 heavy (non-hydrogen) atoms. The fourth-order valence-electron chi connectivity index (χ4n) is 3.88. The molecule has 0 amide bonds. The van der Waals surface area contributed by atoms with E-state index in [2.05, 4.69) is 13.8 Å². The number of carboxylic acid groups (broad SMARTS) is 2. The Balaban J connectivity index is 0. The summed E-state index contributed by atoms with van der Waals surface area (Å²) >= 11 is 0. The molecule has 192 valence electrons. The predicted octanol–water partition coefficient (Wildman–Crippen LogP) is 9.54. The van der Waals surface area contributed by atoms with E-state index < -0.39 is 11.9 Å². The van der Waals surface area contributed by atoms with Crippen LogP contribution in [0.2, 0.25) is 0 Å². The molecular weight excluding hydrogens is 400 g/mol. The van der Waals surface area contributed by atoms with E-state index in [9.17, 15) is 9.59 Å². The lowest BCUT2D eigenvalue weighted by molar-refractivity contribution is -0.138. The summed E-state index contributed by atoms with van der Waals surface area (Å²) in [6.07, 6.45) is 28.9. The second-order valence-corrected chi connectivity index (χ2v) is 9.36. The monoisotopic (exact) mass is 456 g/mol. The van der Waals surface area contributed by atoms with Gasteiger partial charge < -0.3 is 10.2 Å². The van der Waals surface area contributed by atoms with Crippen LogP contribution in [0.15, 0.2) is 0 Å². The first-order valence-corrected chi connectivity index (χ1v) is 14.0. The van der Waals surface area contributed by atoms with Gasteiger partial charge in [-0.3, -0.25) is 9.59 Å². The summed E-state index contributed by atoms with van der Waals surface area (Å²) in [5, 5.41) is 16.8. The van der Waals surface area contributed by atoms with Gasteiger partial charge >= 0.3 is 11.9 Å². The molecule has 0 bridgehead atoms. The largest absolute Gasteiger partial charge is 0.481 e. The Hall–Kier alpha value is -1.06. The molecular formula is C28H56O4. The fourth-order valence-corrected chi connectivity index (χ4v) is 3.88. The molecule has 0 saturated heterocycles. The Kier molecular flexibility index (Phi) is 31.0. The Bertz CT molecular complexity index is 382. The number of carboxylic acids is 2. The summed E-state index contributed by atoms with van der Waals surface area (Å²) in [5.41, 5.74) is 0. The second-order valence-electron chi connectivity index (χ2n) is 9.36. The van der Waals surface area contributed by atoms with Gasteiger partial charge in [0.1, 0.15) is 0 Å². The van der Waals surface area contributed by atoms with E-state index in [0.717, 1.165) is 25.7 Å². The van der Waals surface area contributed by atoms with Crippen molar-refractivity contribution in [1.82, 2.24) is 0 Å². The highest BCUT2D eigenvalue weighted by molar-refractivity contribution is 5.66.